The van der Waals surface area contributed by atoms with Gasteiger partial charge >= 0.3 is 0 Å². The Labute approximate surface area is 178 Å². The van der Waals surface area contributed by atoms with Crippen LogP contribution in [-0.4, -0.2) is 42.7 Å². The van der Waals surface area contributed by atoms with Gasteiger partial charge in [0.2, 0.25) is 15.9 Å². The molecule has 1 unspecified atom stereocenters. The van der Waals surface area contributed by atoms with Crippen LogP contribution >= 0.6 is 15.9 Å². The molecule has 1 atom stereocenters. The molecule has 0 saturated carbocycles. The van der Waals surface area contributed by atoms with Crippen molar-refractivity contribution in [2.24, 2.45) is 0 Å². The monoisotopic (exact) mass is 475 g/mol. The summed E-state index contributed by atoms with van der Waals surface area (Å²) >= 11 is 3.32. The van der Waals surface area contributed by atoms with Crippen LogP contribution in [0.5, 0.6) is 0 Å². The molecule has 2 heterocycles. The number of halogens is 1. The van der Waals surface area contributed by atoms with Gasteiger partial charge in [-0.05, 0) is 55.2 Å². The molecule has 2 N–H and O–H groups in total. The van der Waals surface area contributed by atoms with Gasteiger partial charge in [0.05, 0.1) is 4.90 Å². The van der Waals surface area contributed by atoms with Crippen LogP contribution in [0.4, 0.5) is 0 Å². The average Bonchev–Trinajstić information content (AvgIpc) is 3.36. The van der Waals surface area contributed by atoms with Gasteiger partial charge in [0.1, 0.15) is 6.04 Å². The predicted molar refractivity (Wildman–Crippen MR) is 116 cm³/mol. The number of fused-ring (bicyclic) bond motifs is 1. The zero-order chi connectivity index (χ0) is 20.4. The van der Waals surface area contributed by atoms with E-state index in [1.807, 2.05) is 30.5 Å². The molecule has 1 aromatic heterocycles. The van der Waals surface area contributed by atoms with Gasteiger partial charge in [0.25, 0.3) is 0 Å². The van der Waals surface area contributed by atoms with Crippen molar-refractivity contribution >= 4 is 42.8 Å². The lowest BCUT2D eigenvalue weighted by Crippen LogP contribution is -2.46. The van der Waals surface area contributed by atoms with E-state index in [0.29, 0.717) is 32.4 Å². The van der Waals surface area contributed by atoms with Crippen molar-refractivity contribution in [2.75, 3.05) is 13.1 Å². The van der Waals surface area contributed by atoms with Crippen LogP contribution < -0.4 is 5.32 Å². The van der Waals surface area contributed by atoms with Crippen LogP contribution in [0.2, 0.25) is 0 Å². The van der Waals surface area contributed by atoms with Crippen LogP contribution in [0.1, 0.15) is 18.4 Å². The highest BCUT2D eigenvalue weighted by Gasteiger charge is 2.39. The number of amides is 1. The van der Waals surface area contributed by atoms with Crippen molar-refractivity contribution in [3.63, 3.8) is 0 Å². The minimum atomic E-state index is -3.70. The third-order valence-electron chi connectivity index (χ3n) is 5.30. The van der Waals surface area contributed by atoms with Gasteiger partial charge in [0, 0.05) is 34.7 Å². The number of hydrogen-bond donors (Lipinski definition) is 2. The molecule has 29 heavy (non-hydrogen) atoms. The van der Waals surface area contributed by atoms with Crippen LogP contribution in [-0.2, 0) is 21.2 Å². The first kappa shape index (κ1) is 20.1. The van der Waals surface area contributed by atoms with Crippen molar-refractivity contribution in [3.05, 3.63) is 64.8 Å². The van der Waals surface area contributed by atoms with Crippen LogP contribution in [0.25, 0.3) is 10.9 Å². The molecule has 0 spiro atoms. The highest BCUT2D eigenvalue weighted by atomic mass is 79.9. The minimum absolute atomic E-state index is 0.208. The summed E-state index contributed by atoms with van der Waals surface area (Å²) in [6.45, 7) is 0.822. The third kappa shape index (κ3) is 4.10. The number of para-hydroxylation sites is 1. The fourth-order valence-electron chi connectivity index (χ4n) is 3.81. The molecular weight excluding hydrogens is 454 g/mol. The number of carbonyl (C=O) groups excluding carboxylic acids is 1. The van der Waals surface area contributed by atoms with Crippen molar-refractivity contribution < 1.29 is 13.2 Å². The molecule has 1 fully saturated rings. The summed E-state index contributed by atoms with van der Waals surface area (Å²) in [6, 6.07) is 13.9. The minimum Gasteiger partial charge on any atom is -0.361 e. The fourth-order valence-corrected chi connectivity index (χ4v) is 5.73. The summed E-state index contributed by atoms with van der Waals surface area (Å²) in [6.07, 6.45) is 3.85. The van der Waals surface area contributed by atoms with E-state index in [9.17, 15) is 13.2 Å². The molecule has 1 amide bonds. The van der Waals surface area contributed by atoms with Gasteiger partial charge in [-0.25, -0.2) is 8.42 Å². The lowest BCUT2D eigenvalue weighted by atomic mass is 10.1. The van der Waals surface area contributed by atoms with Crippen molar-refractivity contribution in [3.8, 4) is 0 Å². The van der Waals surface area contributed by atoms with E-state index >= 15 is 0 Å². The molecule has 1 aliphatic rings. The van der Waals surface area contributed by atoms with Gasteiger partial charge in [-0.3, -0.25) is 4.79 Å². The first-order chi connectivity index (χ1) is 14.0. The number of nitrogens with one attached hydrogen (secondary N) is 2. The smallest absolute Gasteiger partial charge is 0.243 e. The normalized spacial score (nSPS) is 17.6. The number of benzene rings is 2. The fraction of sp³-hybridized carbons (Fsp3) is 0.286. The highest BCUT2D eigenvalue weighted by molar-refractivity contribution is 9.10. The first-order valence-electron chi connectivity index (χ1n) is 9.57. The molecule has 1 saturated heterocycles. The maximum Gasteiger partial charge on any atom is 0.243 e. The highest BCUT2D eigenvalue weighted by Crippen LogP contribution is 2.27. The molecule has 152 valence electrons. The Balaban J connectivity index is 1.42. The van der Waals surface area contributed by atoms with Crippen LogP contribution in [0, 0.1) is 0 Å². The first-order valence-corrected chi connectivity index (χ1v) is 11.8. The maximum atomic E-state index is 13.0. The quantitative estimate of drug-likeness (QED) is 0.572. The Hall–Kier alpha value is -2.16. The molecule has 1 aliphatic heterocycles. The number of carbonyl (C=O) groups is 1. The second-order valence-corrected chi connectivity index (χ2v) is 9.93. The van der Waals surface area contributed by atoms with Crippen LogP contribution in [0.3, 0.4) is 0 Å². The largest absolute Gasteiger partial charge is 0.361 e. The Morgan fingerprint density at radius 2 is 1.93 bits per heavy atom. The lowest BCUT2D eigenvalue weighted by Gasteiger charge is -2.23. The van der Waals surface area contributed by atoms with E-state index in [-0.39, 0.29) is 10.8 Å². The number of sulfonamides is 1. The number of aromatic nitrogens is 1. The SMILES string of the molecule is O=C(NCCc1c[nH]c2ccccc12)C1CCCN1S(=O)(=O)c1ccc(Br)cc1. The standard InChI is InChI=1S/C21H22BrN3O3S/c22-16-7-9-17(10-8-16)29(27,28)25-13-3-6-20(25)21(26)23-12-11-15-14-24-19-5-2-1-4-18(15)19/h1-2,4-5,7-10,14,20,24H,3,6,11-13H2,(H,23,26). The summed E-state index contributed by atoms with van der Waals surface area (Å²) in [5.41, 5.74) is 2.20. The number of hydrogen-bond acceptors (Lipinski definition) is 3. The Bertz CT molecular complexity index is 1130. The van der Waals surface area contributed by atoms with E-state index in [0.717, 1.165) is 20.9 Å². The Morgan fingerprint density at radius 3 is 2.72 bits per heavy atom. The molecule has 3 aromatic rings. The molecule has 8 heteroatoms. The average molecular weight is 476 g/mol. The summed E-state index contributed by atoms with van der Waals surface area (Å²) in [5.74, 6) is -0.233. The van der Waals surface area contributed by atoms with Gasteiger partial charge in [-0.1, -0.05) is 34.1 Å². The van der Waals surface area contributed by atoms with E-state index in [2.05, 4.69) is 26.2 Å². The van der Waals surface area contributed by atoms with Crippen molar-refractivity contribution in [1.29, 1.82) is 0 Å². The van der Waals surface area contributed by atoms with E-state index in [1.165, 1.54) is 4.31 Å². The van der Waals surface area contributed by atoms with Crippen LogP contribution in [0.15, 0.2) is 64.1 Å². The zero-order valence-corrected chi connectivity index (χ0v) is 18.2. The number of nitrogens with zero attached hydrogens (tertiary/aromatic N) is 1. The second-order valence-electron chi connectivity index (χ2n) is 7.13. The molecule has 6 nitrogen and oxygen atoms in total. The molecule has 0 bridgehead atoms. The summed E-state index contributed by atoms with van der Waals surface area (Å²) in [7, 11) is -3.70. The van der Waals surface area contributed by atoms with Gasteiger partial charge in [0.15, 0.2) is 0 Å². The molecule has 4 rings (SSSR count). The number of rotatable bonds is 6. The Kier molecular flexibility index (Phi) is 5.76. The second kappa shape index (κ2) is 8.30. The van der Waals surface area contributed by atoms with E-state index < -0.39 is 16.1 Å². The molecule has 2 aromatic carbocycles. The van der Waals surface area contributed by atoms with Crippen molar-refractivity contribution in [1.82, 2.24) is 14.6 Å². The number of H-pyrrole nitrogens is 1. The molecule has 0 radical (unpaired) electrons. The topological polar surface area (TPSA) is 82.3 Å². The van der Waals surface area contributed by atoms with E-state index in [1.54, 1.807) is 24.3 Å². The number of aromatic amines is 1. The van der Waals surface area contributed by atoms with E-state index in [4.69, 9.17) is 0 Å². The maximum absolute atomic E-state index is 13.0. The Morgan fingerprint density at radius 1 is 1.17 bits per heavy atom. The van der Waals surface area contributed by atoms with Crippen molar-refractivity contribution in [2.45, 2.75) is 30.2 Å². The third-order valence-corrected chi connectivity index (χ3v) is 7.75. The lowest BCUT2D eigenvalue weighted by molar-refractivity contribution is -0.124. The molecular formula is C21H22BrN3O3S. The zero-order valence-electron chi connectivity index (χ0n) is 15.8. The summed E-state index contributed by atoms with van der Waals surface area (Å²) < 4.78 is 28.1. The predicted octanol–water partition coefficient (Wildman–Crippen LogP) is 3.44. The summed E-state index contributed by atoms with van der Waals surface area (Å²) in [4.78, 5) is 16.2. The van der Waals surface area contributed by atoms with Gasteiger partial charge in [-0.15, -0.1) is 0 Å². The molecule has 0 aliphatic carbocycles. The van der Waals surface area contributed by atoms with Gasteiger partial charge in [-0.2, -0.15) is 4.31 Å². The van der Waals surface area contributed by atoms with Gasteiger partial charge < -0.3 is 10.3 Å². The summed E-state index contributed by atoms with van der Waals surface area (Å²) in [5, 5.41) is 4.06.